The van der Waals surface area contributed by atoms with Gasteiger partial charge in [0.15, 0.2) is 16.6 Å². The van der Waals surface area contributed by atoms with Gasteiger partial charge in [-0.2, -0.15) is 0 Å². The first-order valence-corrected chi connectivity index (χ1v) is 20.9. The predicted molar refractivity (Wildman–Crippen MR) is 140 cm³/mol. The molecule has 7 heteroatoms. The van der Waals surface area contributed by atoms with E-state index in [2.05, 4.69) is 92.7 Å². The Labute approximate surface area is 191 Å². The van der Waals surface area contributed by atoms with Crippen molar-refractivity contribution in [2.45, 2.75) is 136 Å². The van der Waals surface area contributed by atoms with E-state index in [0.717, 1.165) is 31.9 Å². The van der Waals surface area contributed by atoms with E-state index in [-0.39, 0.29) is 6.09 Å². The Balaban J connectivity index is 5.20. The molecular weight excluding hydrogens is 423 g/mol. The maximum atomic E-state index is 13.5. The van der Waals surface area contributed by atoms with Crippen LogP contribution >= 0.6 is 0 Å². The monoisotopic (exact) mass is 475 g/mol. The summed E-state index contributed by atoms with van der Waals surface area (Å²) in [5, 5.41) is 0. The summed E-state index contributed by atoms with van der Waals surface area (Å²) >= 11 is 0. The predicted octanol–water partition coefficient (Wildman–Crippen LogP) is 8.24. The zero-order chi connectivity index (χ0) is 23.9. The lowest BCUT2D eigenvalue weighted by atomic mass is 10.3. The van der Waals surface area contributed by atoms with Crippen molar-refractivity contribution in [2.75, 3.05) is 6.54 Å². The van der Waals surface area contributed by atoms with Gasteiger partial charge < -0.3 is 13.4 Å². The van der Waals surface area contributed by atoms with Crippen molar-refractivity contribution < 1.29 is 13.6 Å². The summed E-state index contributed by atoms with van der Waals surface area (Å²) in [7, 11) is -5.67. The Hall–Kier alpha value is -0.119. The normalized spacial score (nSPS) is 14.5. The molecule has 0 N–H and O–H groups in total. The summed E-state index contributed by atoms with van der Waals surface area (Å²) in [5.41, 5.74) is 1.23. The van der Waals surface area contributed by atoms with Crippen LogP contribution < -0.4 is 0 Å². The van der Waals surface area contributed by atoms with E-state index < -0.39 is 24.9 Å². The van der Waals surface area contributed by atoms with Gasteiger partial charge in [0.05, 0.1) is 0 Å². The molecule has 0 aromatic heterocycles. The molecule has 0 rings (SSSR count). The topological polar surface area (TPSA) is 38.8 Å². The second-order valence-corrected chi connectivity index (χ2v) is 26.1. The van der Waals surface area contributed by atoms with Crippen LogP contribution in [0.2, 0.25) is 55.4 Å². The Morgan fingerprint density at radius 1 is 0.833 bits per heavy atom. The molecule has 0 radical (unpaired) electrons. The van der Waals surface area contributed by atoms with Crippen LogP contribution in [0.1, 0.15) is 74.7 Å². The zero-order valence-corrected chi connectivity index (χ0v) is 25.5. The summed E-state index contributed by atoms with van der Waals surface area (Å²) in [4.78, 5) is 13.5. The van der Waals surface area contributed by atoms with Crippen molar-refractivity contribution in [2.24, 2.45) is 0 Å². The molecule has 0 saturated carbocycles. The van der Waals surface area contributed by atoms with Gasteiger partial charge in [0, 0.05) is 12.6 Å². The molecule has 0 aliphatic heterocycles. The molecule has 0 aromatic rings. The van der Waals surface area contributed by atoms with Crippen LogP contribution in [0.3, 0.4) is 0 Å². The van der Waals surface area contributed by atoms with Crippen LogP contribution in [-0.4, -0.2) is 48.2 Å². The number of amides is 1. The first-order valence-electron chi connectivity index (χ1n) is 12.2. The summed E-state index contributed by atoms with van der Waals surface area (Å²) in [5.74, 6) is 0. The van der Waals surface area contributed by atoms with Crippen LogP contribution in [0.5, 0.6) is 0 Å². The summed E-state index contributed by atoms with van der Waals surface area (Å²) in [6, 6.07) is 1.15. The smallest absolute Gasteiger partial charge is 0.388 e. The number of nitrogens with zero attached hydrogens (tertiary/aromatic N) is 1. The average Bonchev–Trinajstić information content (AvgIpc) is 2.56. The second-order valence-electron chi connectivity index (χ2n) is 11.6. The van der Waals surface area contributed by atoms with Crippen molar-refractivity contribution in [1.82, 2.24) is 4.57 Å². The molecule has 0 aliphatic rings. The third kappa shape index (κ3) is 8.79. The molecule has 30 heavy (non-hydrogen) atoms. The summed E-state index contributed by atoms with van der Waals surface area (Å²) in [6.07, 6.45) is 3.51. The molecule has 0 spiro atoms. The third-order valence-corrected chi connectivity index (χ3v) is 17.1. The van der Waals surface area contributed by atoms with Crippen LogP contribution in [0.25, 0.3) is 0 Å². The first kappa shape index (κ1) is 29.9. The molecule has 1 unspecified atom stereocenters. The molecule has 0 heterocycles. The van der Waals surface area contributed by atoms with Crippen LogP contribution in [0, 0.1) is 0 Å². The van der Waals surface area contributed by atoms with E-state index in [4.69, 9.17) is 8.85 Å². The van der Waals surface area contributed by atoms with Gasteiger partial charge in [-0.15, -0.1) is 0 Å². The van der Waals surface area contributed by atoms with Gasteiger partial charge in [0.25, 0.3) is 8.32 Å². The Morgan fingerprint density at radius 3 is 1.67 bits per heavy atom. The Kier molecular flexibility index (Phi) is 12.2. The summed E-state index contributed by atoms with van der Waals surface area (Å²) in [6.45, 7) is 30.0. The Morgan fingerprint density at radius 2 is 1.30 bits per heavy atom. The highest BCUT2D eigenvalue weighted by atomic mass is 28.4. The summed E-state index contributed by atoms with van der Waals surface area (Å²) < 4.78 is 14.9. The molecule has 4 nitrogen and oxygen atoms in total. The SMILES string of the molecule is CCC(C)O[Si](C)(C)CCCCN(C(=O)O[Si](C(C)C)(C(C)C)C(C)C)[Si](C)(C)C. The molecule has 0 saturated heterocycles. The minimum absolute atomic E-state index is 0.0516. The average molecular weight is 476 g/mol. The molecular formula is C23H53NO3Si3. The van der Waals surface area contributed by atoms with Gasteiger partial charge in [-0.1, -0.05) is 74.5 Å². The van der Waals surface area contributed by atoms with E-state index in [1.807, 2.05) is 0 Å². The molecule has 0 aliphatic carbocycles. The fourth-order valence-corrected chi connectivity index (χ4v) is 13.9. The van der Waals surface area contributed by atoms with Gasteiger partial charge in [-0.25, -0.2) is 4.79 Å². The van der Waals surface area contributed by atoms with Gasteiger partial charge in [0.2, 0.25) is 0 Å². The van der Waals surface area contributed by atoms with Gasteiger partial charge in [0.1, 0.15) is 0 Å². The van der Waals surface area contributed by atoms with Crippen LogP contribution in [-0.2, 0) is 8.85 Å². The second kappa shape index (κ2) is 12.2. The highest BCUT2D eigenvalue weighted by molar-refractivity contribution is 6.80. The quantitative estimate of drug-likeness (QED) is 0.199. The fraction of sp³-hybridized carbons (Fsp3) is 0.957. The molecule has 1 amide bonds. The van der Waals surface area contributed by atoms with Crippen molar-refractivity contribution in [3.63, 3.8) is 0 Å². The molecule has 0 fully saturated rings. The largest absolute Gasteiger partial charge is 0.503 e. The highest BCUT2D eigenvalue weighted by Crippen LogP contribution is 2.42. The molecule has 0 bridgehead atoms. The highest BCUT2D eigenvalue weighted by Gasteiger charge is 2.49. The third-order valence-electron chi connectivity index (χ3n) is 6.51. The number of carbonyl (C=O) groups is 1. The molecule has 0 aromatic carbocycles. The zero-order valence-electron chi connectivity index (χ0n) is 22.5. The lowest BCUT2D eigenvalue weighted by Crippen LogP contribution is -2.56. The van der Waals surface area contributed by atoms with E-state index in [1.54, 1.807) is 0 Å². The van der Waals surface area contributed by atoms with Crippen molar-refractivity contribution in [1.29, 1.82) is 0 Å². The molecule has 1 atom stereocenters. The number of hydrogen-bond acceptors (Lipinski definition) is 3. The van der Waals surface area contributed by atoms with E-state index >= 15 is 0 Å². The minimum Gasteiger partial charge on any atom is -0.503 e. The number of carbonyl (C=O) groups excluding carboxylic acids is 1. The van der Waals surface area contributed by atoms with Crippen molar-refractivity contribution >= 4 is 31.0 Å². The van der Waals surface area contributed by atoms with Gasteiger partial charge in [-0.3, -0.25) is 0 Å². The van der Waals surface area contributed by atoms with Gasteiger partial charge in [-0.05, 0) is 55.5 Å². The maximum absolute atomic E-state index is 13.5. The lowest BCUT2D eigenvalue weighted by Gasteiger charge is -2.44. The van der Waals surface area contributed by atoms with E-state index in [1.165, 1.54) is 0 Å². The minimum atomic E-state index is -2.21. The van der Waals surface area contributed by atoms with E-state index in [9.17, 15) is 4.79 Å². The van der Waals surface area contributed by atoms with Crippen LogP contribution in [0.4, 0.5) is 4.79 Å². The van der Waals surface area contributed by atoms with Crippen LogP contribution in [0.15, 0.2) is 0 Å². The lowest BCUT2D eigenvalue weighted by molar-refractivity contribution is 0.169. The fourth-order valence-electron chi connectivity index (χ4n) is 4.77. The van der Waals surface area contributed by atoms with E-state index in [0.29, 0.717) is 22.7 Å². The van der Waals surface area contributed by atoms with Gasteiger partial charge >= 0.3 is 6.09 Å². The first-order chi connectivity index (χ1) is 13.5. The van der Waals surface area contributed by atoms with Crippen molar-refractivity contribution in [3.8, 4) is 0 Å². The molecule has 180 valence electrons. The number of unbranched alkanes of at least 4 members (excludes halogenated alkanes) is 1. The maximum Gasteiger partial charge on any atom is 0.388 e. The number of hydrogen-bond donors (Lipinski definition) is 0. The number of rotatable bonds is 13. The Bertz CT molecular complexity index is 495. The standard InChI is InChI=1S/C23H53NO3Si3/c1-14-22(8)26-29(12,13)18-16-15-17-24(28(9,10)11)23(25)27-30(19(2)3,20(4)5)21(6)7/h19-22H,14-18H2,1-13H3. The van der Waals surface area contributed by atoms with Crippen molar-refractivity contribution in [3.05, 3.63) is 0 Å².